The Balaban J connectivity index is 1.90. The van der Waals surface area contributed by atoms with Crippen molar-refractivity contribution in [3.8, 4) is 55.6 Å². The number of hydrogen-bond donors (Lipinski definition) is 2. The van der Waals surface area contributed by atoms with E-state index >= 15 is 0 Å². The van der Waals surface area contributed by atoms with Crippen molar-refractivity contribution in [3.63, 3.8) is 0 Å². The fourth-order valence-electron chi connectivity index (χ4n) is 5.73. The van der Waals surface area contributed by atoms with E-state index in [0.29, 0.717) is 11.4 Å². The molecule has 0 bridgehead atoms. The lowest BCUT2D eigenvalue weighted by Crippen LogP contribution is -2.02. The predicted octanol–water partition coefficient (Wildman–Crippen LogP) is 9.80. The molecule has 0 aliphatic rings. The highest BCUT2D eigenvalue weighted by molar-refractivity contribution is 6.09. The average Bonchev–Trinajstić information content (AvgIpc) is 2.99. The molecule has 0 aromatic heterocycles. The maximum absolute atomic E-state index is 6.72. The molecule has 0 atom stereocenters. The lowest BCUT2D eigenvalue weighted by Gasteiger charge is -2.26. The molecule has 4 N–H and O–H groups in total. The van der Waals surface area contributed by atoms with Crippen LogP contribution in [0.3, 0.4) is 0 Å². The van der Waals surface area contributed by atoms with Gasteiger partial charge in [-0.1, -0.05) is 121 Å². The number of para-hydroxylation sites is 1. The van der Waals surface area contributed by atoms with Crippen molar-refractivity contribution >= 4 is 11.4 Å². The molecule has 0 heterocycles. The molecule has 6 rings (SSSR count). The van der Waals surface area contributed by atoms with Crippen LogP contribution in [-0.4, -0.2) is 0 Å². The van der Waals surface area contributed by atoms with Crippen molar-refractivity contribution in [1.82, 2.24) is 0 Å². The summed E-state index contributed by atoms with van der Waals surface area (Å²) in [5, 5.41) is 0. The lowest BCUT2D eigenvalue weighted by molar-refractivity contribution is 1.43. The Morgan fingerprint density at radius 2 is 0.850 bits per heavy atom. The summed E-state index contributed by atoms with van der Waals surface area (Å²) in [5.41, 5.74) is 28.1. The van der Waals surface area contributed by atoms with Crippen molar-refractivity contribution in [2.24, 2.45) is 0 Å². The van der Waals surface area contributed by atoms with E-state index in [4.69, 9.17) is 11.5 Å². The van der Waals surface area contributed by atoms with E-state index < -0.39 is 0 Å². The van der Waals surface area contributed by atoms with Gasteiger partial charge in [-0.15, -0.1) is 0 Å². The summed E-state index contributed by atoms with van der Waals surface area (Å²) < 4.78 is 0. The molecular formula is C38H32N2. The van der Waals surface area contributed by atoms with Gasteiger partial charge in [0.15, 0.2) is 0 Å². The summed E-state index contributed by atoms with van der Waals surface area (Å²) in [7, 11) is 0. The molecule has 0 amide bonds. The summed E-state index contributed by atoms with van der Waals surface area (Å²) in [5.74, 6) is 0. The standard InChI is InChI=1S/C38H32N2/c1-25-14-9-11-20-29(25)32-24-33(31-22-13-23-34(39)38(31)40)35(27-16-5-3-6-17-27)36(28-18-7-4-8-19-28)37(32)30-21-12-10-15-26(30)2/h3-24H,39-40H2,1-2H3. The molecule has 0 aliphatic carbocycles. The fraction of sp³-hybridized carbons (Fsp3) is 0.0526. The topological polar surface area (TPSA) is 52.0 Å². The first-order chi connectivity index (χ1) is 19.5. The number of hydrogen-bond acceptors (Lipinski definition) is 2. The van der Waals surface area contributed by atoms with Crippen LogP contribution in [0.4, 0.5) is 11.4 Å². The van der Waals surface area contributed by atoms with Crippen LogP contribution in [0, 0.1) is 13.8 Å². The van der Waals surface area contributed by atoms with E-state index in [1.165, 1.54) is 38.9 Å². The van der Waals surface area contributed by atoms with E-state index in [0.717, 1.165) is 27.8 Å². The normalized spacial score (nSPS) is 10.9. The van der Waals surface area contributed by atoms with E-state index in [-0.39, 0.29) is 0 Å². The van der Waals surface area contributed by atoms with Gasteiger partial charge in [0.05, 0.1) is 11.4 Å². The number of aryl methyl sites for hydroxylation is 2. The maximum atomic E-state index is 6.72. The molecule has 0 aliphatic heterocycles. The number of nitrogens with two attached hydrogens (primary N) is 2. The van der Waals surface area contributed by atoms with Gasteiger partial charge >= 0.3 is 0 Å². The van der Waals surface area contributed by atoms with Gasteiger partial charge in [-0.25, -0.2) is 0 Å². The van der Waals surface area contributed by atoms with Gasteiger partial charge in [-0.2, -0.15) is 0 Å². The van der Waals surface area contributed by atoms with Crippen molar-refractivity contribution in [2.75, 3.05) is 11.5 Å². The monoisotopic (exact) mass is 516 g/mol. The Morgan fingerprint density at radius 3 is 1.45 bits per heavy atom. The third-order valence-corrected chi connectivity index (χ3v) is 7.73. The fourth-order valence-corrected chi connectivity index (χ4v) is 5.73. The SMILES string of the molecule is Cc1ccccc1-c1cc(-c2cccc(N)c2N)c(-c2ccccc2)c(-c2ccccc2)c1-c1ccccc1C. The zero-order chi connectivity index (χ0) is 27.6. The largest absolute Gasteiger partial charge is 0.397 e. The third kappa shape index (κ3) is 4.44. The van der Waals surface area contributed by atoms with Crippen LogP contribution in [0.25, 0.3) is 55.6 Å². The van der Waals surface area contributed by atoms with E-state index in [9.17, 15) is 0 Å². The van der Waals surface area contributed by atoms with Crippen molar-refractivity contribution < 1.29 is 0 Å². The van der Waals surface area contributed by atoms with Crippen LogP contribution >= 0.6 is 0 Å². The number of benzene rings is 6. The Kier molecular flexibility index (Phi) is 6.67. The highest BCUT2D eigenvalue weighted by Crippen LogP contribution is 2.52. The number of rotatable bonds is 5. The van der Waals surface area contributed by atoms with Crippen molar-refractivity contribution in [3.05, 3.63) is 145 Å². The highest BCUT2D eigenvalue weighted by atomic mass is 14.7. The molecule has 0 saturated carbocycles. The molecule has 194 valence electrons. The maximum Gasteiger partial charge on any atom is 0.0627 e. The smallest absolute Gasteiger partial charge is 0.0627 e. The van der Waals surface area contributed by atoms with E-state index in [1.54, 1.807) is 0 Å². The van der Waals surface area contributed by atoms with Crippen molar-refractivity contribution in [1.29, 1.82) is 0 Å². The summed E-state index contributed by atoms with van der Waals surface area (Å²) in [4.78, 5) is 0. The van der Waals surface area contributed by atoms with Gasteiger partial charge in [0.1, 0.15) is 0 Å². The lowest BCUT2D eigenvalue weighted by atomic mass is 9.77. The van der Waals surface area contributed by atoms with Crippen LogP contribution in [0.1, 0.15) is 11.1 Å². The Hall–Kier alpha value is -5.08. The second kappa shape index (κ2) is 10.6. The Morgan fingerprint density at radius 1 is 0.375 bits per heavy atom. The first-order valence-corrected chi connectivity index (χ1v) is 13.6. The van der Waals surface area contributed by atoms with Crippen LogP contribution < -0.4 is 11.5 Å². The molecule has 0 saturated heterocycles. The minimum absolute atomic E-state index is 0.582. The average molecular weight is 517 g/mol. The summed E-state index contributed by atoms with van der Waals surface area (Å²) in [6.07, 6.45) is 0. The zero-order valence-electron chi connectivity index (χ0n) is 22.9. The van der Waals surface area contributed by atoms with Gasteiger partial charge in [-0.3, -0.25) is 0 Å². The molecule has 0 spiro atoms. The summed E-state index contributed by atoms with van der Waals surface area (Å²) >= 11 is 0. The van der Waals surface area contributed by atoms with E-state index in [2.05, 4.69) is 135 Å². The van der Waals surface area contributed by atoms with Crippen LogP contribution in [0.15, 0.2) is 133 Å². The minimum atomic E-state index is 0.582. The molecular weight excluding hydrogens is 484 g/mol. The van der Waals surface area contributed by atoms with Gasteiger partial charge < -0.3 is 11.5 Å². The molecule has 2 nitrogen and oxygen atoms in total. The van der Waals surface area contributed by atoms with E-state index in [1.807, 2.05) is 12.1 Å². The van der Waals surface area contributed by atoms with Crippen LogP contribution in [0.5, 0.6) is 0 Å². The quantitative estimate of drug-likeness (QED) is 0.224. The van der Waals surface area contributed by atoms with Crippen LogP contribution in [0.2, 0.25) is 0 Å². The highest BCUT2D eigenvalue weighted by Gasteiger charge is 2.25. The first-order valence-electron chi connectivity index (χ1n) is 13.6. The molecule has 6 aromatic carbocycles. The summed E-state index contributed by atoms with van der Waals surface area (Å²) in [6.45, 7) is 4.37. The number of nitrogen functional groups attached to an aromatic ring is 2. The van der Waals surface area contributed by atoms with Crippen molar-refractivity contribution in [2.45, 2.75) is 13.8 Å². The molecule has 0 unspecified atom stereocenters. The second-order valence-corrected chi connectivity index (χ2v) is 10.3. The van der Waals surface area contributed by atoms with Gasteiger partial charge in [0.25, 0.3) is 0 Å². The number of anilines is 2. The predicted molar refractivity (Wildman–Crippen MR) is 172 cm³/mol. The zero-order valence-corrected chi connectivity index (χ0v) is 22.9. The van der Waals surface area contributed by atoms with Gasteiger partial charge in [0.2, 0.25) is 0 Å². The minimum Gasteiger partial charge on any atom is -0.397 e. The van der Waals surface area contributed by atoms with Crippen LogP contribution in [-0.2, 0) is 0 Å². The molecule has 40 heavy (non-hydrogen) atoms. The molecule has 0 radical (unpaired) electrons. The second-order valence-electron chi connectivity index (χ2n) is 10.3. The molecule has 6 aromatic rings. The molecule has 2 heteroatoms. The third-order valence-electron chi connectivity index (χ3n) is 7.73. The van der Waals surface area contributed by atoms with Gasteiger partial charge in [0, 0.05) is 5.56 Å². The molecule has 0 fully saturated rings. The first kappa shape index (κ1) is 25.2. The Labute approximate surface area is 236 Å². The summed E-state index contributed by atoms with van der Waals surface area (Å²) in [6, 6.07) is 46.9. The Bertz CT molecular complexity index is 1820. The van der Waals surface area contributed by atoms with Gasteiger partial charge in [-0.05, 0) is 87.2 Å².